The van der Waals surface area contributed by atoms with Gasteiger partial charge in [-0.1, -0.05) is 17.7 Å². The number of carbonyl (C=O) groups is 2. The first-order valence-corrected chi connectivity index (χ1v) is 9.85. The molecule has 1 aliphatic heterocycles. The number of nitrogens with one attached hydrogen (secondary N) is 3. The second kappa shape index (κ2) is 10.1. The number of ether oxygens (including phenoxy) is 3. The van der Waals surface area contributed by atoms with Gasteiger partial charge in [-0.15, -0.1) is 0 Å². The van der Waals surface area contributed by atoms with E-state index in [-0.39, 0.29) is 11.8 Å². The number of methoxy groups -OCH3 is 2. The van der Waals surface area contributed by atoms with Gasteiger partial charge in [0.1, 0.15) is 24.6 Å². The highest BCUT2D eigenvalue weighted by Gasteiger charge is 2.20. The number of quaternary nitrogens is 1. The molecule has 2 aromatic rings. The number of hydrogen-bond donors (Lipinski definition) is 3. The lowest BCUT2D eigenvalue weighted by Gasteiger charge is -2.23. The van der Waals surface area contributed by atoms with E-state index >= 15 is 0 Å². The highest BCUT2D eigenvalue weighted by Crippen LogP contribution is 2.36. The van der Waals surface area contributed by atoms with Crippen molar-refractivity contribution < 1.29 is 28.7 Å². The molecule has 8 nitrogen and oxygen atoms in total. The van der Waals surface area contributed by atoms with Crippen molar-refractivity contribution in [2.24, 2.45) is 0 Å². The summed E-state index contributed by atoms with van der Waals surface area (Å²) in [4.78, 5) is 26.3. The maximum absolute atomic E-state index is 12.6. The lowest BCUT2D eigenvalue weighted by molar-refractivity contribution is -0.899. The standard InChI is InChI=1S/C22H27N3O5/c1-15-5-4-6-16(11-15)22(27)24-18-13-19(28-2)17(12-20(18)29-3)23-21(26)14-25-7-9-30-10-8-25/h4-6,11-13H,7-10,14H2,1-3H3,(H,23,26)(H,24,27)/p+1. The Balaban J connectivity index is 1.76. The third-order valence-electron chi connectivity index (χ3n) is 4.93. The van der Waals surface area contributed by atoms with Crippen molar-refractivity contribution in [1.29, 1.82) is 0 Å². The van der Waals surface area contributed by atoms with Gasteiger partial charge in [0, 0.05) is 17.7 Å². The maximum atomic E-state index is 12.6. The van der Waals surface area contributed by atoms with Gasteiger partial charge in [0.05, 0.1) is 38.8 Å². The van der Waals surface area contributed by atoms with E-state index in [9.17, 15) is 9.59 Å². The van der Waals surface area contributed by atoms with E-state index in [1.54, 1.807) is 18.2 Å². The third-order valence-corrected chi connectivity index (χ3v) is 4.93. The largest absolute Gasteiger partial charge is 0.494 e. The predicted molar refractivity (Wildman–Crippen MR) is 114 cm³/mol. The number of amides is 2. The fraction of sp³-hybridized carbons (Fsp3) is 0.364. The van der Waals surface area contributed by atoms with Gasteiger partial charge in [0.2, 0.25) is 0 Å². The van der Waals surface area contributed by atoms with Crippen molar-refractivity contribution in [2.45, 2.75) is 6.92 Å². The van der Waals surface area contributed by atoms with Gasteiger partial charge >= 0.3 is 0 Å². The molecule has 0 aromatic heterocycles. The number of rotatable bonds is 7. The van der Waals surface area contributed by atoms with E-state index < -0.39 is 0 Å². The molecule has 160 valence electrons. The Bertz CT molecular complexity index is 910. The minimum absolute atomic E-state index is 0.121. The molecule has 2 aromatic carbocycles. The first-order valence-electron chi connectivity index (χ1n) is 9.85. The van der Waals surface area contributed by atoms with Crippen molar-refractivity contribution in [3.63, 3.8) is 0 Å². The van der Waals surface area contributed by atoms with E-state index in [0.717, 1.165) is 18.7 Å². The summed E-state index contributed by atoms with van der Waals surface area (Å²) in [6, 6.07) is 10.6. The Kier molecular flexibility index (Phi) is 7.26. The number of carbonyl (C=O) groups excluding carboxylic acids is 2. The number of aryl methyl sites for hydroxylation is 1. The molecule has 0 bridgehead atoms. The number of benzene rings is 2. The Hall–Kier alpha value is -3.10. The molecule has 1 saturated heterocycles. The van der Waals surface area contributed by atoms with Crippen molar-refractivity contribution in [2.75, 3.05) is 57.7 Å². The van der Waals surface area contributed by atoms with E-state index in [1.807, 2.05) is 25.1 Å². The van der Waals surface area contributed by atoms with Crippen molar-refractivity contribution >= 4 is 23.2 Å². The Labute approximate surface area is 176 Å². The fourth-order valence-corrected chi connectivity index (χ4v) is 3.33. The Morgan fingerprint density at radius 1 is 1.00 bits per heavy atom. The molecule has 8 heteroatoms. The summed E-state index contributed by atoms with van der Waals surface area (Å²) < 4.78 is 16.2. The molecule has 2 amide bonds. The number of hydrogen-bond acceptors (Lipinski definition) is 5. The molecule has 0 saturated carbocycles. The molecule has 30 heavy (non-hydrogen) atoms. The molecule has 0 unspecified atom stereocenters. The van der Waals surface area contributed by atoms with E-state index in [4.69, 9.17) is 14.2 Å². The van der Waals surface area contributed by atoms with Crippen LogP contribution in [0.15, 0.2) is 36.4 Å². The monoisotopic (exact) mass is 414 g/mol. The average molecular weight is 414 g/mol. The van der Waals surface area contributed by atoms with Crippen LogP contribution in [0.25, 0.3) is 0 Å². The van der Waals surface area contributed by atoms with Crippen molar-refractivity contribution in [1.82, 2.24) is 0 Å². The lowest BCUT2D eigenvalue weighted by atomic mass is 10.1. The van der Waals surface area contributed by atoms with Crippen molar-refractivity contribution in [3.05, 3.63) is 47.5 Å². The molecule has 1 fully saturated rings. The molecule has 0 spiro atoms. The highest BCUT2D eigenvalue weighted by atomic mass is 16.5. The zero-order valence-electron chi connectivity index (χ0n) is 17.5. The molecule has 0 atom stereocenters. The second-order valence-corrected chi connectivity index (χ2v) is 7.16. The normalized spacial score (nSPS) is 14.1. The van der Waals surface area contributed by atoms with Crippen LogP contribution in [0.2, 0.25) is 0 Å². The van der Waals surface area contributed by atoms with Crippen LogP contribution in [0.1, 0.15) is 15.9 Å². The molecule has 3 rings (SSSR count). The summed E-state index contributed by atoms with van der Waals surface area (Å²) in [6.45, 7) is 5.21. The Morgan fingerprint density at radius 2 is 1.63 bits per heavy atom. The van der Waals surface area contributed by atoms with E-state index in [2.05, 4.69) is 10.6 Å². The Morgan fingerprint density at radius 3 is 2.23 bits per heavy atom. The quantitative estimate of drug-likeness (QED) is 0.632. The fourth-order valence-electron chi connectivity index (χ4n) is 3.33. The number of anilines is 2. The molecule has 0 radical (unpaired) electrons. The van der Waals surface area contributed by atoms with Gasteiger partial charge in [-0.25, -0.2) is 0 Å². The SMILES string of the molecule is COc1cc(NC(=O)c2cccc(C)c2)c(OC)cc1NC(=O)C[NH+]1CCOCC1. The summed E-state index contributed by atoms with van der Waals surface area (Å²) in [5.74, 6) is 0.474. The third kappa shape index (κ3) is 5.49. The average Bonchev–Trinajstić information content (AvgIpc) is 2.75. The summed E-state index contributed by atoms with van der Waals surface area (Å²) in [5.41, 5.74) is 2.48. The first kappa shape index (κ1) is 21.6. The summed E-state index contributed by atoms with van der Waals surface area (Å²) in [5, 5.41) is 5.74. The molecule has 0 aliphatic carbocycles. The summed E-state index contributed by atoms with van der Waals surface area (Å²) in [7, 11) is 3.02. The van der Waals surface area contributed by atoms with Gasteiger partial charge in [0.25, 0.3) is 11.8 Å². The zero-order chi connectivity index (χ0) is 21.5. The van der Waals surface area contributed by atoms with Crippen LogP contribution in [-0.4, -0.2) is 58.9 Å². The van der Waals surface area contributed by atoms with Gasteiger partial charge in [-0.2, -0.15) is 0 Å². The molecular weight excluding hydrogens is 386 g/mol. The van der Waals surface area contributed by atoms with E-state index in [1.165, 1.54) is 19.1 Å². The van der Waals surface area contributed by atoms with Crippen LogP contribution in [0.4, 0.5) is 11.4 Å². The molecule has 3 N–H and O–H groups in total. The van der Waals surface area contributed by atoms with Crippen LogP contribution in [-0.2, 0) is 9.53 Å². The maximum Gasteiger partial charge on any atom is 0.279 e. The van der Waals surface area contributed by atoms with Gasteiger partial charge in [-0.05, 0) is 19.1 Å². The van der Waals surface area contributed by atoms with Crippen LogP contribution < -0.4 is 25.0 Å². The topological polar surface area (TPSA) is 90.3 Å². The zero-order valence-corrected chi connectivity index (χ0v) is 17.5. The predicted octanol–water partition coefficient (Wildman–Crippen LogP) is 1.12. The molecule has 1 heterocycles. The summed E-state index contributed by atoms with van der Waals surface area (Å²) in [6.07, 6.45) is 0. The second-order valence-electron chi connectivity index (χ2n) is 7.16. The van der Waals surface area contributed by atoms with Crippen LogP contribution in [0.3, 0.4) is 0 Å². The highest BCUT2D eigenvalue weighted by molar-refractivity contribution is 6.05. The van der Waals surface area contributed by atoms with Crippen molar-refractivity contribution in [3.8, 4) is 11.5 Å². The van der Waals surface area contributed by atoms with Crippen LogP contribution >= 0.6 is 0 Å². The van der Waals surface area contributed by atoms with Gasteiger partial charge in [0.15, 0.2) is 6.54 Å². The smallest absolute Gasteiger partial charge is 0.279 e. The molecule has 1 aliphatic rings. The van der Waals surface area contributed by atoms with Crippen LogP contribution in [0, 0.1) is 6.92 Å². The minimum Gasteiger partial charge on any atom is -0.494 e. The minimum atomic E-state index is -0.258. The number of morpholine rings is 1. The lowest BCUT2D eigenvalue weighted by Crippen LogP contribution is -3.15. The van der Waals surface area contributed by atoms with Gasteiger partial charge in [-0.3, -0.25) is 9.59 Å². The first-order chi connectivity index (χ1) is 14.5. The van der Waals surface area contributed by atoms with Crippen LogP contribution in [0.5, 0.6) is 11.5 Å². The molecular formula is C22H28N3O5+. The van der Waals surface area contributed by atoms with E-state index in [0.29, 0.717) is 48.2 Å². The summed E-state index contributed by atoms with van der Waals surface area (Å²) >= 11 is 0. The van der Waals surface area contributed by atoms with Gasteiger partial charge < -0.3 is 29.7 Å².